The first kappa shape index (κ1) is 9.16. The van der Waals surface area contributed by atoms with E-state index in [9.17, 15) is 0 Å². The van der Waals surface area contributed by atoms with Crippen LogP contribution < -0.4 is 5.73 Å². The largest absolute Gasteiger partial charge is 0.469 e. The molecule has 13 heavy (non-hydrogen) atoms. The average Bonchev–Trinajstić information content (AvgIpc) is 2.73. The number of rotatable bonds is 3. The smallest absolute Gasteiger partial charge is 0.110 e. The first-order valence-electron chi connectivity index (χ1n) is 4.69. The van der Waals surface area contributed by atoms with Gasteiger partial charge in [-0.3, -0.25) is 0 Å². The standard InChI is InChI=1S/C10H15NOS/c11-5-3-10(4-7-13-8-10)9-2-1-6-12-9/h1-2,6H,3-5,7-8,11H2. The second-order valence-corrected chi connectivity index (χ2v) is 4.70. The maximum Gasteiger partial charge on any atom is 0.110 e. The van der Waals surface area contributed by atoms with Gasteiger partial charge in [0.15, 0.2) is 0 Å². The lowest BCUT2D eigenvalue weighted by Crippen LogP contribution is -2.28. The molecule has 2 heterocycles. The number of furan rings is 1. The van der Waals surface area contributed by atoms with E-state index in [2.05, 4.69) is 6.07 Å². The molecular formula is C10H15NOS. The molecule has 1 aliphatic heterocycles. The van der Waals surface area contributed by atoms with E-state index in [4.69, 9.17) is 10.2 Å². The molecule has 1 aromatic heterocycles. The molecule has 0 aromatic carbocycles. The zero-order chi connectivity index (χ0) is 9.15. The maximum atomic E-state index is 5.65. The molecule has 1 atom stereocenters. The number of thioether (sulfide) groups is 1. The molecule has 0 spiro atoms. The Bertz CT molecular complexity index is 252. The monoisotopic (exact) mass is 197 g/mol. The van der Waals surface area contributed by atoms with Gasteiger partial charge in [0.25, 0.3) is 0 Å². The van der Waals surface area contributed by atoms with E-state index in [0.29, 0.717) is 0 Å². The summed E-state index contributed by atoms with van der Waals surface area (Å²) < 4.78 is 5.50. The third kappa shape index (κ3) is 1.63. The van der Waals surface area contributed by atoms with Crippen molar-refractivity contribution < 1.29 is 4.42 Å². The molecule has 3 heteroatoms. The summed E-state index contributed by atoms with van der Waals surface area (Å²) >= 11 is 2.00. The molecule has 1 saturated heterocycles. The Morgan fingerprint density at radius 3 is 3.08 bits per heavy atom. The molecule has 2 N–H and O–H groups in total. The summed E-state index contributed by atoms with van der Waals surface area (Å²) in [4.78, 5) is 0. The number of hydrogen-bond donors (Lipinski definition) is 1. The number of hydrogen-bond acceptors (Lipinski definition) is 3. The van der Waals surface area contributed by atoms with Crippen molar-refractivity contribution in [2.24, 2.45) is 5.73 Å². The van der Waals surface area contributed by atoms with Gasteiger partial charge in [0, 0.05) is 11.2 Å². The van der Waals surface area contributed by atoms with Gasteiger partial charge in [-0.2, -0.15) is 11.8 Å². The van der Waals surface area contributed by atoms with Gasteiger partial charge in [0.1, 0.15) is 5.76 Å². The van der Waals surface area contributed by atoms with E-state index in [1.807, 2.05) is 17.8 Å². The Labute approximate surface area is 82.9 Å². The molecule has 1 unspecified atom stereocenters. The van der Waals surface area contributed by atoms with E-state index in [1.165, 1.54) is 12.2 Å². The molecule has 2 rings (SSSR count). The minimum Gasteiger partial charge on any atom is -0.469 e. The summed E-state index contributed by atoms with van der Waals surface area (Å²) in [5.41, 5.74) is 5.89. The maximum absolute atomic E-state index is 5.65. The van der Waals surface area contributed by atoms with Gasteiger partial charge in [-0.25, -0.2) is 0 Å². The highest BCUT2D eigenvalue weighted by Gasteiger charge is 2.37. The molecule has 0 saturated carbocycles. The summed E-state index contributed by atoms with van der Waals surface area (Å²) in [6.07, 6.45) is 4.02. The van der Waals surface area contributed by atoms with Crippen LogP contribution in [0, 0.1) is 0 Å². The van der Waals surface area contributed by atoms with Crippen molar-refractivity contribution in [3.8, 4) is 0 Å². The van der Waals surface area contributed by atoms with Gasteiger partial charge >= 0.3 is 0 Å². The summed E-state index contributed by atoms with van der Waals surface area (Å²) in [5, 5.41) is 0. The highest BCUT2D eigenvalue weighted by molar-refractivity contribution is 7.99. The van der Waals surface area contributed by atoms with Crippen molar-refractivity contribution >= 4 is 11.8 Å². The van der Waals surface area contributed by atoms with Crippen LogP contribution in [0.1, 0.15) is 18.6 Å². The van der Waals surface area contributed by atoms with Crippen molar-refractivity contribution in [3.05, 3.63) is 24.2 Å². The van der Waals surface area contributed by atoms with Crippen LogP contribution in [-0.4, -0.2) is 18.1 Å². The SMILES string of the molecule is NCCC1(c2ccco2)CCSC1. The molecule has 1 aliphatic rings. The Morgan fingerprint density at radius 1 is 1.62 bits per heavy atom. The molecule has 0 bridgehead atoms. The normalized spacial score (nSPS) is 28.1. The summed E-state index contributed by atoms with van der Waals surface area (Å²) in [5.74, 6) is 3.53. The predicted molar refractivity (Wildman–Crippen MR) is 56.0 cm³/mol. The van der Waals surface area contributed by atoms with Crippen molar-refractivity contribution in [3.63, 3.8) is 0 Å². The Kier molecular flexibility index (Phi) is 2.65. The predicted octanol–water partition coefficient (Wildman–Crippen LogP) is 2.00. The van der Waals surface area contributed by atoms with Crippen LogP contribution in [-0.2, 0) is 5.41 Å². The molecule has 1 fully saturated rings. The van der Waals surface area contributed by atoms with Crippen molar-refractivity contribution in [2.45, 2.75) is 18.3 Å². The Hall–Kier alpha value is -0.410. The van der Waals surface area contributed by atoms with Gasteiger partial charge in [-0.05, 0) is 37.3 Å². The molecule has 0 amide bonds. The van der Waals surface area contributed by atoms with Gasteiger partial charge in [-0.15, -0.1) is 0 Å². The third-order valence-corrected chi connectivity index (χ3v) is 4.02. The summed E-state index contributed by atoms with van der Waals surface area (Å²) in [7, 11) is 0. The van der Waals surface area contributed by atoms with E-state index in [0.717, 1.165) is 24.5 Å². The second kappa shape index (κ2) is 3.76. The minimum atomic E-state index is 0.239. The first-order chi connectivity index (χ1) is 6.37. The Morgan fingerprint density at radius 2 is 2.54 bits per heavy atom. The van der Waals surface area contributed by atoms with Crippen LogP contribution >= 0.6 is 11.8 Å². The summed E-state index contributed by atoms with van der Waals surface area (Å²) in [6.45, 7) is 0.751. The van der Waals surface area contributed by atoms with Crippen LogP contribution in [0.4, 0.5) is 0 Å². The third-order valence-electron chi connectivity index (χ3n) is 2.77. The highest BCUT2D eigenvalue weighted by atomic mass is 32.2. The molecule has 1 aromatic rings. The lowest BCUT2D eigenvalue weighted by atomic mass is 9.81. The van der Waals surface area contributed by atoms with E-state index in [-0.39, 0.29) is 5.41 Å². The average molecular weight is 197 g/mol. The lowest BCUT2D eigenvalue weighted by Gasteiger charge is -2.24. The molecular weight excluding hydrogens is 182 g/mol. The van der Waals surface area contributed by atoms with E-state index < -0.39 is 0 Å². The lowest BCUT2D eigenvalue weighted by molar-refractivity contribution is 0.349. The Balaban J connectivity index is 2.22. The fourth-order valence-electron chi connectivity index (χ4n) is 1.98. The van der Waals surface area contributed by atoms with Gasteiger partial charge < -0.3 is 10.2 Å². The van der Waals surface area contributed by atoms with Crippen LogP contribution in [0.15, 0.2) is 22.8 Å². The molecule has 0 radical (unpaired) electrons. The van der Waals surface area contributed by atoms with Crippen LogP contribution in [0.5, 0.6) is 0 Å². The van der Waals surface area contributed by atoms with Crippen molar-refractivity contribution in [1.29, 1.82) is 0 Å². The number of nitrogens with two attached hydrogens (primary N) is 1. The van der Waals surface area contributed by atoms with E-state index >= 15 is 0 Å². The molecule has 2 nitrogen and oxygen atoms in total. The van der Waals surface area contributed by atoms with Crippen LogP contribution in [0.2, 0.25) is 0 Å². The minimum absolute atomic E-state index is 0.239. The van der Waals surface area contributed by atoms with E-state index in [1.54, 1.807) is 6.26 Å². The van der Waals surface area contributed by atoms with Crippen LogP contribution in [0.3, 0.4) is 0 Å². The van der Waals surface area contributed by atoms with Crippen molar-refractivity contribution in [2.75, 3.05) is 18.1 Å². The second-order valence-electron chi connectivity index (χ2n) is 3.60. The van der Waals surface area contributed by atoms with Crippen LogP contribution in [0.25, 0.3) is 0 Å². The fourth-order valence-corrected chi connectivity index (χ4v) is 3.48. The van der Waals surface area contributed by atoms with Crippen molar-refractivity contribution in [1.82, 2.24) is 0 Å². The highest BCUT2D eigenvalue weighted by Crippen LogP contribution is 2.41. The van der Waals surface area contributed by atoms with Gasteiger partial charge in [-0.1, -0.05) is 0 Å². The molecule has 72 valence electrons. The molecule has 0 aliphatic carbocycles. The first-order valence-corrected chi connectivity index (χ1v) is 5.85. The summed E-state index contributed by atoms with van der Waals surface area (Å²) in [6, 6.07) is 4.05. The fraction of sp³-hybridized carbons (Fsp3) is 0.600. The van der Waals surface area contributed by atoms with Gasteiger partial charge in [0.2, 0.25) is 0 Å². The topological polar surface area (TPSA) is 39.2 Å². The zero-order valence-corrected chi connectivity index (χ0v) is 8.48. The quantitative estimate of drug-likeness (QED) is 0.805. The van der Waals surface area contributed by atoms with Gasteiger partial charge in [0.05, 0.1) is 6.26 Å². The zero-order valence-electron chi connectivity index (χ0n) is 7.66.